The third-order valence-corrected chi connectivity index (χ3v) is 7.56. The molecule has 3 N–H and O–H groups in total. The highest BCUT2D eigenvalue weighted by Gasteiger charge is 2.71. The minimum atomic E-state index is -1.59. The largest absolute Gasteiger partial charge is 0.480 e. The molecule has 2 aromatic rings. The SMILES string of the molecule is CC(C)(C)OC(=O)NC1=N[C@](C)(c2cc(NC(=O)c3ccc(Cl)cn3)cc(F)c2F)C2C[C@]2(C(=O)O)S1. The number of carbonyl (C=O) groups excluding carboxylic acids is 2. The molecule has 4 rings (SSSR count). The van der Waals surface area contributed by atoms with Gasteiger partial charge in [-0.15, -0.1) is 0 Å². The van der Waals surface area contributed by atoms with Crippen LogP contribution in [0.2, 0.25) is 5.02 Å². The monoisotopic (exact) mass is 552 g/mol. The van der Waals surface area contributed by atoms with Crippen LogP contribution in [0.5, 0.6) is 0 Å². The number of anilines is 1. The average molecular weight is 553 g/mol. The van der Waals surface area contributed by atoms with Gasteiger partial charge in [-0.1, -0.05) is 23.4 Å². The number of carboxylic acids is 1. The van der Waals surface area contributed by atoms with Crippen LogP contribution in [0, 0.1) is 17.6 Å². The Hall–Kier alpha value is -3.25. The fourth-order valence-electron chi connectivity index (χ4n) is 4.20. The van der Waals surface area contributed by atoms with Gasteiger partial charge in [0.15, 0.2) is 16.8 Å². The van der Waals surface area contributed by atoms with E-state index in [-0.39, 0.29) is 28.5 Å². The zero-order chi connectivity index (χ0) is 27.3. The number of aliphatic carboxylic acids is 1. The van der Waals surface area contributed by atoms with E-state index in [1.165, 1.54) is 31.3 Å². The van der Waals surface area contributed by atoms with Crippen LogP contribution in [0.3, 0.4) is 0 Å². The second-order valence-corrected chi connectivity index (χ2v) is 11.6. The molecular formula is C24H23ClF2N4O5S. The van der Waals surface area contributed by atoms with Gasteiger partial charge in [0, 0.05) is 29.4 Å². The fraction of sp³-hybridized carbons (Fsp3) is 0.375. The summed E-state index contributed by atoms with van der Waals surface area (Å²) in [5, 5.41) is 15.0. The number of halogens is 3. The molecule has 1 fully saturated rings. The van der Waals surface area contributed by atoms with Gasteiger partial charge in [-0.05, 0) is 52.3 Å². The standard InChI is InChI=1S/C24H23ClF2N4O5S/c1-22(2,3)36-21(35)30-20-31-23(4,16-9-24(16,37-20)19(33)34)13-7-12(8-14(26)17(13)27)29-18(32)15-6-5-11(25)10-28-15/h5-8,10,16H,9H2,1-4H3,(H,29,32)(H,33,34)(H,30,31,35)/t16?,23-,24+/m1/s1. The number of pyridine rings is 1. The van der Waals surface area contributed by atoms with E-state index in [1.54, 1.807) is 20.8 Å². The summed E-state index contributed by atoms with van der Waals surface area (Å²) >= 11 is 6.61. The molecule has 2 aliphatic rings. The summed E-state index contributed by atoms with van der Waals surface area (Å²) in [6, 6.07) is 4.81. The number of amidine groups is 1. The summed E-state index contributed by atoms with van der Waals surface area (Å²) in [6.07, 6.45) is 0.489. The minimum absolute atomic E-state index is 0.00934. The first-order chi connectivity index (χ1) is 17.1. The lowest BCUT2D eigenvalue weighted by Crippen LogP contribution is -2.43. The Labute approximate surface area is 220 Å². The summed E-state index contributed by atoms with van der Waals surface area (Å²) in [4.78, 5) is 45.5. The van der Waals surface area contributed by atoms with Gasteiger partial charge < -0.3 is 15.2 Å². The predicted molar refractivity (Wildman–Crippen MR) is 134 cm³/mol. The fourth-order valence-corrected chi connectivity index (χ4v) is 5.74. The Bertz CT molecular complexity index is 1330. The lowest BCUT2D eigenvalue weighted by Gasteiger charge is -2.34. The van der Waals surface area contributed by atoms with Crippen LogP contribution in [-0.4, -0.2) is 43.6 Å². The number of aliphatic imine (C=N–C) groups is 1. The zero-order valence-corrected chi connectivity index (χ0v) is 21.8. The molecule has 1 saturated carbocycles. The van der Waals surface area contributed by atoms with Gasteiger partial charge in [0.1, 0.15) is 16.0 Å². The Morgan fingerprint density at radius 2 is 1.92 bits per heavy atom. The van der Waals surface area contributed by atoms with E-state index < -0.39 is 51.4 Å². The molecule has 0 radical (unpaired) electrons. The van der Waals surface area contributed by atoms with Gasteiger partial charge in [0.25, 0.3) is 5.91 Å². The summed E-state index contributed by atoms with van der Waals surface area (Å²) in [5.74, 6) is -5.10. The molecule has 1 aromatic heterocycles. The van der Waals surface area contributed by atoms with Crippen LogP contribution in [0.15, 0.2) is 35.5 Å². The highest BCUT2D eigenvalue weighted by atomic mass is 35.5. The number of rotatable bonds is 4. The molecule has 2 heterocycles. The predicted octanol–water partition coefficient (Wildman–Crippen LogP) is 4.95. The molecule has 0 bridgehead atoms. The molecule has 1 aromatic carbocycles. The number of carboxylic acid groups (broad SMARTS) is 1. The number of alkyl carbamates (subject to hydrolysis) is 1. The van der Waals surface area contributed by atoms with Crippen LogP contribution < -0.4 is 10.6 Å². The van der Waals surface area contributed by atoms with E-state index in [9.17, 15) is 23.9 Å². The minimum Gasteiger partial charge on any atom is -0.480 e. The number of aromatic nitrogens is 1. The van der Waals surface area contributed by atoms with Crippen molar-refractivity contribution in [3.05, 3.63) is 58.4 Å². The van der Waals surface area contributed by atoms with Crippen molar-refractivity contribution >= 4 is 52.2 Å². The first-order valence-electron chi connectivity index (χ1n) is 11.1. The number of benzene rings is 1. The molecule has 0 saturated heterocycles. The normalized spacial score (nSPS) is 24.4. The first-order valence-corrected chi connectivity index (χ1v) is 12.3. The van der Waals surface area contributed by atoms with Gasteiger partial charge in [-0.3, -0.25) is 19.9 Å². The summed E-state index contributed by atoms with van der Waals surface area (Å²) in [6.45, 7) is 6.42. The highest BCUT2D eigenvalue weighted by Crippen LogP contribution is 2.66. The molecule has 196 valence electrons. The summed E-state index contributed by atoms with van der Waals surface area (Å²) < 4.78 is 33.8. The second kappa shape index (κ2) is 9.25. The Balaban J connectivity index is 1.72. The zero-order valence-electron chi connectivity index (χ0n) is 20.2. The molecule has 3 atom stereocenters. The molecule has 1 aliphatic carbocycles. The highest BCUT2D eigenvalue weighted by molar-refractivity contribution is 8.16. The number of thioether (sulfide) groups is 1. The maximum atomic E-state index is 15.2. The average Bonchev–Trinajstić information content (AvgIpc) is 3.52. The van der Waals surface area contributed by atoms with Crippen LogP contribution in [0.1, 0.15) is 50.2 Å². The molecule has 37 heavy (non-hydrogen) atoms. The van der Waals surface area contributed by atoms with Crippen molar-refractivity contribution in [3.8, 4) is 0 Å². The molecule has 9 nitrogen and oxygen atoms in total. The third-order valence-electron chi connectivity index (χ3n) is 5.96. The number of fused-ring (bicyclic) bond motifs is 1. The Morgan fingerprint density at radius 3 is 2.51 bits per heavy atom. The van der Waals surface area contributed by atoms with Gasteiger partial charge in [-0.25, -0.2) is 18.6 Å². The molecule has 0 spiro atoms. The van der Waals surface area contributed by atoms with Crippen molar-refractivity contribution in [1.29, 1.82) is 0 Å². The lowest BCUT2D eigenvalue weighted by atomic mass is 9.85. The van der Waals surface area contributed by atoms with Crippen molar-refractivity contribution in [2.24, 2.45) is 10.9 Å². The van der Waals surface area contributed by atoms with Gasteiger partial charge in [0.05, 0.1) is 10.6 Å². The topological polar surface area (TPSA) is 130 Å². The third kappa shape index (κ3) is 5.26. The number of hydrogen-bond acceptors (Lipinski definition) is 7. The Morgan fingerprint density at radius 1 is 1.22 bits per heavy atom. The summed E-state index contributed by atoms with van der Waals surface area (Å²) in [7, 11) is 0. The lowest BCUT2D eigenvalue weighted by molar-refractivity contribution is -0.137. The maximum absolute atomic E-state index is 15.2. The molecule has 1 aliphatic heterocycles. The molecule has 2 amide bonds. The maximum Gasteiger partial charge on any atom is 0.413 e. The van der Waals surface area contributed by atoms with E-state index in [0.29, 0.717) is 5.02 Å². The van der Waals surface area contributed by atoms with Crippen LogP contribution in [0.25, 0.3) is 0 Å². The number of hydrogen-bond donors (Lipinski definition) is 3. The number of nitrogens with one attached hydrogen (secondary N) is 2. The van der Waals surface area contributed by atoms with Crippen LogP contribution in [0.4, 0.5) is 19.3 Å². The van der Waals surface area contributed by atoms with E-state index >= 15 is 4.39 Å². The van der Waals surface area contributed by atoms with E-state index in [2.05, 4.69) is 20.6 Å². The van der Waals surface area contributed by atoms with Crippen molar-refractivity contribution in [2.45, 2.75) is 50.0 Å². The number of nitrogens with zero attached hydrogens (tertiary/aromatic N) is 2. The quantitative estimate of drug-likeness (QED) is 0.489. The number of amides is 2. The van der Waals surface area contributed by atoms with E-state index in [4.69, 9.17) is 16.3 Å². The molecule has 13 heteroatoms. The van der Waals surface area contributed by atoms with Crippen LogP contribution in [-0.2, 0) is 15.1 Å². The van der Waals surface area contributed by atoms with Crippen molar-refractivity contribution < 1.29 is 33.0 Å². The van der Waals surface area contributed by atoms with Gasteiger partial charge in [0.2, 0.25) is 0 Å². The molecule has 1 unspecified atom stereocenters. The second-order valence-electron chi connectivity index (χ2n) is 9.88. The van der Waals surface area contributed by atoms with Crippen LogP contribution >= 0.6 is 23.4 Å². The smallest absolute Gasteiger partial charge is 0.413 e. The number of carbonyl (C=O) groups is 3. The van der Waals surface area contributed by atoms with Gasteiger partial charge in [-0.2, -0.15) is 0 Å². The van der Waals surface area contributed by atoms with Crippen molar-refractivity contribution in [1.82, 2.24) is 10.3 Å². The number of ether oxygens (including phenoxy) is 1. The van der Waals surface area contributed by atoms with E-state index in [0.717, 1.165) is 17.8 Å². The van der Waals surface area contributed by atoms with E-state index in [1.807, 2.05) is 0 Å². The van der Waals surface area contributed by atoms with Gasteiger partial charge >= 0.3 is 12.1 Å². The van der Waals surface area contributed by atoms with Crippen molar-refractivity contribution in [2.75, 3.05) is 5.32 Å². The molecular weight excluding hydrogens is 530 g/mol. The van der Waals surface area contributed by atoms with Crippen molar-refractivity contribution in [3.63, 3.8) is 0 Å². The Kier molecular flexibility index (Phi) is 6.70. The summed E-state index contributed by atoms with van der Waals surface area (Å²) in [5.41, 5.74) is -2.79. The first kappa shape index (κ1) is 26.8.